The molecule has 1 amide bonds. The third-order valence-electron chi connectivity index (χ3n) is 4.02. The lowest BCUT2D eigenvalue weighted by Crippen LogP contribution is -2.42. The Kier molecular flexibility index (Phi) is 6.12. The molecular formula is C17H19F2NO6. The van der Waals surface area contributed by atoms with Crippen molar-refractivity contribution in [3.63, 3.8) is 0 Å². The second-order valence-electron chi connectivity index (χ2n) is 6.11. The van der Waals surface area contributed by atoms with Gasteiger partial charge < -0.3 is 14.6 Å². The average Bonchev–Trinajstić information content (AvgIpc) is 2.94. The number of nitrogens with zero attached hydrogens (tertiary/aromatic N) is 1. The van der Waals surface area contributed by atoms with Crippen molar-refractivity contribution < 1.29 is 37.7 Å². The smallest absolute Gasteiger partial charge is 0.413 e. The molecule has 0 spiro atoms. The number of amides is 1. The van der Waals surface area contributed by atoms with Gasteiger partial charge in [0.05, 0.1) is 0 Å². The van der Waals surface area contributed by atoms with Gasteiger partial charge in [-0.3, -0.25) is 9.69 Å². The van der Waals surface area contributed by atoms with Crippen LogP contribution in [0.2, 0.25) is 0 Å². The molecule has 1 N–H and O–H groups in total. The zero-order chi connectivity index (χ0) is 19.4. The first-order valence-corrected chi connectivity index (χ1v) is 7.98. The van der Waals surface area contributed by atoms with E-state index in [0.29, 0.717) is 0 Å². The topological polar surface area (TPSA) is 93.1 Å². The molecule has 0 saturated carbocycles. The Hall–Kier alpha value is -2.71. The first-order chi connectivity index (χ1) is 12.2. The summed E-state index contributed by atoms with van der Waals surface area (Å²) in [5, 5.41) is 9.33. The number of carbonyl (C=O) groups excluding carboxylic acids is 2. The van der Waals surface area contributed by atoms with Crippen molar-refractivity contribution in [1.82, 2.24) is 4.90 Å². The summed E-state index contributed by atoms with van der Waals surface area (Å²) < 4.78 is 36.7. The zero-order valence-corrected chi connectivity index (χ0v) is 14.3. The Morgan fingerprint density at radius 2 is 2.00 bits per heavy atom. The highest BCUT2D eigenvalue weighted by Crippen LogP contribution is 2.28. The highest BCUT2D eigenvalue weighted by molar-refractivity contribution is 5.81. The van der Waals surface area contributed by atoms with Crippen molar-refractivity contribution in [2.24, 2.45) is 5.92 Å². The first kappa shape index (κ1) is 19.6. The molecule has 1 aromatic rings. The molecule has 142 valence electrons. The van der Waals surface area contributed by atoms with Gasteiger partial charge in [-0.1, -0.05) is 0 Å². The van der Waals surface area contributed by atoms with Gasteiger partial charge in [-0.05, 0) is 42.5 Å². The van der Waals surface area contributed by atoms with Gasteiger partial charge in [-0.2, -0.15) is 0 Å². The van der Waals surface area contributed by atoms with Crippen LogP contribution in [-0.4, -0.2) is 46.9 Å². The lowest BCUT2D eigenvalue weighted by atomic mass is 9.96. The molecule has 1 aliphatic rings. The molecule has 1 heterocycles. The lowest BCUT2D eigenvalue weighted by molar-refractivity contribution is -0.164. The molecule has 1 aliphatic heterocycles. The van der Waals surface area contributed by atoms with Crippen LogP contribution in [0, 0.1) is 17.6 Å². The van der Waals surface area contributed by atoms with Crippen molar-refractivity contribution in [2.45, 2.75) is 39.0 Å². The normalized spacial score (nSPS) is 20.5. The minimum absolute atomic E-state index is 0.00144. The Morgan fingerprint density at radius 1 is 1.31 bits per heavy atom. The van der Waals surface area contributed by atoms with Crippen LogP contribution in [0.4, 0.5) is 13.6 Å². The number of carbonyl (C=O) groups is 3. The molecule has 2 rings (SSSR count). The maximum Gasteiger partial charge on any atom is 0.413 e. The maximum atomic E-state index is 13.8. The van der Waals surface area contributed by atoms with Crippen LogP contribution >= 0.6 is 0 Å². The van der Waals surface area contributed by atoms with Gasteiger partial charge in [0, 0.05) is 20.4 Å². The predicted molar refractivity (Wildman–Crippen MR) is 84.0 cm³/mol. The summed E-state index contributed by atoms with van der Waals surface area (Å²) in [4.78, 5) is 35.5. The average molecular weight is 371 g/mol. The van der Waals surface area contributed by atoms with E-state index in [4.69, 9.17) is 4.74 Å². The van der Waals surface area contributed by atoms with Crippen LogP contribution in [-0.2, 0) is 25.5 Å². The number of aliphatic carboxylic acids is 1. The number of benzene rings is 1. The highest BCUT2D eigenvalue weighted by Gasteiger charge is 2.41. The van der Waals surface area contributed by atoms with Crippen molar-refractivity contribution >= 4 is 18.0 Å². The van der Waals surface area contributed by atoms with E-state index in [-0.39, 0.29) is 30.9 Å². The maximum absolute atomic E-state index is 13.8. The van der Waals surface area contributed by atoms with E-state index in [9.17, 15) is 28.3 Å². The second kappa shape index (κ2) is 8.11. The molecule has 0 radical (unpaired) electrons. The number of carboxylic acid groups (broad SMARTS) is 1. The van der Waals surface area contributed by atoms with Gasteiger partial charge in [0.25, 0.3) is 0 Å². The number of ether oxygens (including phenoxy) is 2. The quantitative estimate of drug-likeness (QED) is 0.631. The summed E-state index contributed by atoms with van der Waals surface area (Å²) >= 11 is 0. The summed E-state index contributed by atoms with van der Waals surface area (Å²) in [7, 11) is 0. The van der Waals surface area contributed by atoms with E-state index in [1.54, 1.807) is 0 Å². The Morgan fingerprint density at radius 3 is 2.62 bits per heavy atom. The lowest BCUT2D eigenvalue weighted by Gasteiger charge is -2.23. The third kappa shape index (κ3) is 4.90. The number of rotatable bonds is 5. The predicted octanol–water partition coefficient (Wildman–Crippen LogP) is 2.33. The van der Waals surface area contributed by atoms with Crippen molar-refractivity contribution in [2.75, 3.05) is 6.54 Å². The number of likely N-dealkylation sites (tertiary alicyclic amines) is 1. The first-order valence-electron chi connectivity index (χ1n) is 7.98. The largest absolute Gasteiger partial charge is 0.480 e. The third-order valence-corrected chi connectivity index (χ3v) is 4.02. The summed E-state index contributed by atoms with van der Waals surface area (Å²) in [5.41, 5.74) is 0.114. The number of carboxylic acids is 1. The number of esters is 1. The Balaban J connectivity index is 2.07. The van der Waals surface area contributed by atoms with E-state index in [0.717, 1.165) is 30.0 Å². The molecule has 1 aromatic carbocycles. The van der Waals surface area contributed by atoms with E-state index in [2.05, 4.69) is 4.74 Å². The van der Waals surface area contributed by atoms with Crippen LogP contribution in [0.5, 0.6) is 0 Å². The molecule has 7 nitrogen and oxygen atoms in total. The standard InChI is InChI=1S/C17H19F2NO6/c1-9(21)25-10(2)26-17(24)20-8-11(6-15(20)16(22)23)5-12-7-13(18)3-4-14(12)19/h3-4,7,10-11,15H,5-6,8H2,1-2H3,(H,22,23)/t10-,11-,15-/m0/s1. The Labute approximate surface area is 148 Å². The minimum atomic E-state index is -1.23. The fraction of sp³-hybridized carbons (Fsp3) is 0.471. The van der Waals surface area contributed by atoms with Crippen molar-refractivity contribution in [3.05, 3.63) is 35.4 Å². The van der Waals surface area contributed by atoms with E-state index >= 15 is 0 Å². The summed E-state index contributed by atoms with van der Waals surface area (Å²) in [6, 6.07) is 1.89. The second-order valence-corrected chi connectivity index (χ2v) is 6.11. The van der Waals surface area contributed by atoms with Gasteiger partial charge in [-0.25, -0.2) is 18.4 Å². The van der Waals surface area contributed by atoms with Crippen LogP contribution in [0.3, 0.4) is 0 Å². The molecule has 0 aliphatic carbocycles. The molecule has 1 saturated heterocycles. The molecule has 0 unspecified atom stereocenters. The zero-order valence-electron chi connectivity index (χ0n) is 14.3. The fourth-order valence-corrected chi connectivity index (χ4v) is 2.98. The van der Waals surface area contributed by atoms with Gasteiger partial charge in [0.1, 0.15) is 17.7 Å². The van der Waals surface area contributed by atoms with Crippen LogP contribution in [0.1, 0.15) is 25.8 Å². The van der Waals surface area contributed by atoms with Crippen molar-refractivity contribution in [1.29, 1.82) is 0 Å². The number of halogens is 2. The molecule has 1 fully saturated rings. The molecule has 26 heavy (non-hydrogen) atoms. The molecule has 0 bridgehead atoms. The highest BCUT2D eigenvalue weighted by atomic mass is 19.1. The molecular weight excluding hydrogens is 352 g/mol. The SMILES string of the molecule is CC(=O)O[C@H](C)OC(=O)N1C[C@@H](Cc2cc(F)ccc2F)C[C@H]1C(=O)O. The summed E-state index contributed by atoms with van der Waals surface area (Å²) in [5.74, 6) is -3.46. The number of hydrogen-bond donors (Lipinski definition) is 1. The van der Waals surface area contributed by atoms with Gasteiger partial charge in [0.2, 0.25) is 6.29 Å². The van der Waals surface area contributed by atoms with Crippen molar-refractivity contribution in [3.8, 4) is 0 Å². The Bertz CT molecular complexity index is 710. The molecule has 9 heteroatoms. The van der Waals surface area contributed by atoms with Gasteiger partial charge >= 0.3 is 18.0 Å². The van der Waals surface area contributed by atoms with Crippen LogP contribution < -0.4 is 0 Å². The summed E-state index contributed by atoms with van der Waals surface area (Å²) in [6.45, 7) is 2.47. The van der Waals surface area contributed by atoms with Crippen LogP contribution in [0.15, 0.2) is 18.2 Å². The van der Waals surface area contributed by atoms with Gasteiger partial charge in [-0.15, -0.1) is 0 Å². The van der Waals surface area contributed by atoms with Crippen LogP contribution in [0.25, 0.3) is 0 Å². The summed E-state index contributed by atoms with van der Waals surface area (Å²) in [6.07, 6.45) is -1.97. The monoisotopic (exact) mass is 371 g/mol. The fourth-order valence-electron chi connectivity index (χ4n) is 2.98. The molecule has 3 atom stereocenters. The number of hydrogen-bond acceptors (Lipinski definition) is 5. The minimum Gasteiger partial charge on any atom is -0.480 e. The van der Waals surface area contributed by atoms with Gasteiger partial charge in [0.15, 0.2) is 0 Å². The molecule has 0 aromatic heterocycles. The van der Waals surface area contributed by atoms with E-state index in [1.165, 1.54) is 6.92 Å². The van der Waals surface area contributed by atoms with E-state index in [1.807, 2.05) is 0 Å². The van der Waals surface area contributed by atoms with E-state index < -0.39 is 42.0 Å².